The van der Waals surface area contributed by atoms with E-state index in [2.05, 4.69) is 53.9 Å². The number of aliphatic carboxylic acids is 1. The largest absolute Gasteiger partial charge is 0.481 e. The first-order valence-electron chi connectivity index (χ1n) is 4.36. The summed E-state index contributed by atoms with van der Waals surface area (Å²) in [5.41, 5.74) is -0.771. The number of carboxylic acid groups (broad SMARTS) is 1. The number of halogens is 3. The molecule has 0 aromatic rings. The number of alkyl halides is 3. The Labute approximate surface area is 108 Å². The summed E-state index contributed by atoms with van der Waals surface area (Å²) in [4.78, 5) is 11.4. The van der Waals surface area contributed by atoms with Gasteiger partial charge in [0.2, 0.25) is 0 Å². The highest BCUT2D eigenvalue weighted by Crippen LogP contribution is 2.64. The lowest BCUT2D eigenvalue weighted by Crippen LogP contribution is -2.45. The van der Waals surface area contributed by atoms with E-state index in [1.807, 2.05) is 6.08 Å². The molecule has 2 aliphatic rings. The Balaban J connectivity index is 2.44. The molecule has 0 heterocycles. The molecular weight excluding hydrogens is 380 g/mol. The van der Waals surface area contributed by atoms with E-state index in [0.29, 0.717) is 12.3 Å². The topological polar surface area (TPSA) is 37.3 Å². The van der Waals surface area contributed by atoms with Gasteiger partial charge in [0.15, 0.2) is 2.14 Å². The molecule has 0 aromatic carbocycles. The number of carboxylic acids is 1. The Bertz CT molecular complexity index is 308. The molecule has 1 fully saturated rings. The fourth-order valence-electron chi connectivity index (χ4n) is 2.55. The number of hydrogen-bond donors (Lipinski definition) is 1. The fourth-order valence-corrected chi connectivity index (χ4v) is 4.43. The molecule has 78 valence electrons. The van der Waals surface area contributed by atoms with Crippen LogP contribution in [0.25, 0.3) is 0 Å². The van der Waals surface area contributed by atoms with Crippen LogP contribution < -0.4 is 0 Å². The SMILES string of the molecule is O=C(O)C1(C(Br)(Br)Br)CC2C=CC1C2. The first kappa shape index (κ1) is 11.1. The van der Waals surface area contributed by atoms with Crippen molar-refractivity contribution in [3.05, 3.63) is 12.2 Å². The third-order valence-electron chi connectivity index (χ3n) is 3.28. The van der Waals surface area contributed by atoms with Crippen LogP contribution in [0.5, 0.6) is 0 Å². The van der Waals surface area contributed by atoms with Crippen LogP contribution in [0.4, 0.5) is 0 Å². The minimum Gasteiger partial charge on any atom is -0.481 e. The number of allylic oxidation sites excluding steroid dienone is 2. The van der Waals surface area contributed by atoms with Crippen molar-refractivity contribution in [3.8, 4) is 0 Å². The quantitative estimate of drug-likeness (QED) is 0.551. The third-order valence-corrected chi connectivity index (χ3v) is 5.40. The molecule has 1 saturated carbocycles. The minimum absolute atomic E-state index is 0.114. The van der Waals surface area contributed by atoms with Crippen molar-refractivity contribution < 1.29 is 9.90 Å². The number of hydrogen-bond acceptors (Lipinski definition) is 1. The Kier molecular flexibility index (Phi) is 2.64. The molecule has 0 spiro atoms. The zero-order valence-electron chi connectivity index (χ0n) is 7.21. The van der Waals surface area contributed by atoms with Crippen LogP contribution in [-0.2, 0) is 4.79 Å². The first-order chi connectivity index (χ1) is 6.38. The van der Waals surface area contributed by atoms with E-state index in [1.165, 1.54) is 0 Å². The minimum atomic E-state index is -0.771. The van der Waals surface area contributed by atoms with Crippen molar-refractivity contribution in [2.75, 3.05) is 0 Å². The molecular formula is C9H9Br3O2. The summed E-state index contributed by atoms with van der Waals surface area (Å²) in [7, 11) is 0. The lowest BCUT2D eigenvalue weighted by molar-refractivity contribution is -0.149. The van der Waals surface area contributed by atoms with Gasteiger partial charge >= 0.3 is 5.97 Å². The van der Waals surface area contributed by atoms with E-state index in [-0.39, 0.29) is 5.92 Å². The Morgan fingerprint density at radius 1 is 1.43 bits per heavy atom. The standard InChI is InChI=1S/C9H9Br3O2/c10-9(11,12)8(7(13)14)4-5-1-2-6(8)3-5/h1-2,5-6H,3-4H2,(H,13,14). The molecule has 0 saturated heterocycles. The van der Waals surface area contributed by atoms with Gasteiger partial charge in [0, 0.05) is 0 Å². The smallest absolute Gasteiger partial charge is 0.313 e. The highest BCUT2D eigenvalue weighted by Gasteiger charge is 2.63. The summed E-state index contributed by atoms with van der Waals surface area (Å²) in [6.45, 7) is 0. The van der Waals surface area contributed by atoms with Crippen molar-refractivity contribution >= 4 is 53.8 Å². The number of rotatable bonds is 1. The van der Waals surface area contributed by atoms with Crippen LogP contribution in [-0.4, -0.2) is 13.2 Å². The van der Waals surface area contributed by atoms with Crippen molar-refractivity contribution in [1.82, 2.24) is 0 Å². The Morgan fingerprint density at radius 3 is 2.29 bits per heavy atom. The number of fused-ring (bicyclic) bond motifs is 2. The summed E-state index contributed by atoms with van der Waals surface area (Å²) in [5, 5.41) is 9.40. The van der Waals surface area contributed by atoms with Crippen LogP contribution in [0, 0.1) is 17.3 Å². The number of carbonyl (C=O) groups is 1. The molecule has 1 N–H and O–H groups in total. The molecule has 2 bridgehead atoms. The van der Waals surface area contributed by atoms with E-state index in [1.54, 1.807) is 0 Å². The average Bonchev–Trinajstić information content (AvgIpc) is 2.59. The molecule has 14 heavy (non-hydrogen) atoms. The van der Waals surface area contributed by atoms with Gasteiger partial charge in [-0.15, -0.1) is 0 Å². The molecule has 2 aliphatic carbocycles. The molecule has 3 atom stereocenters. The second-order valence-corrected chi connectivity index (χ2v) is 10.7. The molecule has 5 heteroatoms. The summed E-state index contributed by atoms with van der Waals surface area (Å²) in [5.74, 6) is -0.216. The maximum Gasteiger partial charge on any atom is 0.313 e. The van der Waals surface area contributed by atoms with E-state index < -0.39 is 13.5 Å². The highest BCUT2D eigenvalue weighted by atomic mass is 80.0. The Morgan fingerprint density at radius 2 is 2.07 bits per heavy atom. The van der Waals surface area contributed by atoms with Gasteiger partial charge in [-0.25, -0.2) is 0 Å². The average molecular weight is 389 g/mol. The second-order valence-electron chi connectivity index (χ2n) is 3.97. The zero-order valence-corrected chi connectivity index (χ0v) is 12.0. The van der Waals surface area contributed by atoms with Gasteiger partial charge in [0.1, 0.15) is 5.41 Å². The summed E-state index contributed by atoms with van der Waals surface area (Å²) in [6.07, 6.45) is 5.80. The van der Waals surface area contributed by atoms with Gasteiger partial charge in [0.25, 0.3) is 0 Å². The van der Waals surface area contributed by atoms with E-state index >= 15 is 0 Å². The Hall–Kier alpha value is 0.650. The van der Waals surface area contributed by atoms with Gasteiger partial charge in [-0.1, -0.05) is 59.9 Å². The van der Waals surface area contributed by atoms with Crippen LogP contribution in [0.2, 0.25) is 0 Å². The molecule has 2 nitrogen and oxygen atoms in total. The van der Waals surface area contributed by atoms with Crippen molar-refractivity contribution in [2.45, 2.75) is 15.0 Å². The van der Waals surface area contributed by atoms with Crippen molar-refractivity contribution in [1.29, 1.82) is 0 Å². The van der Waals surface area contributed by atoms with Gasteiger partial charge < -0.3 is 5.11 Å². The van der Waals surface area contributed by atoms with Crippen LogP contribution in [0.15, 0.2) is 12.2 Å². The van der Waals surface area contributed by atoms with E-state index in [0.717, 1.165) is 6.42 Å². The maximum atomic E-state index is 11.4. The maximum absolute atomic E-state index is 11.4. The van der Waals surface area contributed by atoms with Gasteiger partial charge in [-0.05, 0) is 24.7 Å². The molecule has 2 rings (SSSR count). The predicted octanol–water partition coefficient (Wildman–Crippen LogP) is 3.49. The normalized spacial score (nSPS) is 40.5. The lowest BCUT2D eigenvalue weighted by atomic mass is 9.77. The van der Waals surface area contributed by atoms with Gasteiger partial charge in [-0.3, -0.25) is 4.79 Å². The fraction of sp³-hybridized carbons (Fsp3) is 0.667. The molecule has 0 amide bonds. The monoisotopic (exact) mass is 386 g/mol. The summed E-state index contributed by atoms with van der Waals surface area (Å²) < 4.78 is -0.712. The highest BCUT2D eigenvalue weighted by molar-refractivity contribution is 9.39. The third kappa shape index (κ3) is 1.35. The van der Waals surface area contributed by atoms with Crippen LogP contribution >= 0.6 is 47.8 Å². The molecule has 0 aliphatic heterocycles. The zero-order chi connectivity index (χ0) is 10.6. The summed E-state index contributed by atoms with van der Waals surface area (Å²) >= 11 is 10.2. The van der Waals surface area contributed by atoms with Gasteiger partial charge in [0.05, 0.1) is 0 Å². The van der Waals surface area contributed by atoms with E-state index in [4.69, 9.17) is 0 Å². The van der Waals surface area contributed by atoms with Crippen LogP contribution in [0.3, 0.4) is 0 Å². The van der Waals surface area contributed by atoms with Crippen molar-refractivity contribution in [2.24, 2.45) is 17.3 Å². The summed E-state index contributed by atoms with van der Waals surface area (Å²) in [6, 6.07) is 0. The van der Waals surface area contributed by atoms with Crippen LogP contribution in [0.1, 0.15) is 12.8 Å². The molecule has 3 unspecified atom stereocenters. The van der Waals surface area contributed by atoms with Gasteiger partial charge in [-0.2, -0.15) is 0 Å². The lowest BCUT2D eigenvalue weighted by Gasteiger charge is -2.38. The molecule has 0 radical (unpaired) electrons. The molecule has 0 aromatic heterocycles. The second kappa shape index (κ2) is 3.32. The predicted molar refractivity (Wildman–Crippen MR) is 64.9 cm³/mol. The van der Waals surface area contributed by atoms with Crippen molar-refractivity contribution in [3.63, 3.8) is 0 Å². The van der Waals surface area contributed by atoms with E-state index in [9.17, 15) is 9.90 Å². The first-order valence-corrected chi connectivity index (χ1v) is 6.74.